The SMILES string of the molecule is CC(=O)NC(Cc1c[nH]c2ccccc12)C(=O)NC(CCC(=O)O)C(N)=O. The van der Waals surface area contributed by atoms with Crippen molar-refractivity contribution < 1.29 is 24.3 Å². The number of aromatic amines is 1. The number of primary amides is 1. The molecule has 0 fully saturated rings. The minimum Gasteiger partial charge on any atom is -0.481 e. The fraction of sp³-hybridized carbons (Fsp3) is 0.333. The number of carbonyl (C=O) groups is 4. The van der Waals surface area contributed by atoms with Gasteiger partial charge < -0.3 is 26.5 Å². The largest absolute Gasteiger partial charge is 0.481 e. The van der Waals surface area contributed by atoms with Gasteiger partial charge >= 0.3 is 5.97 Å². The van der Waals surface area contributed by atoms with Gasteiger partial charge in [0.2, 0.25) is 17.7 Å². The summed E-state index contributed by atoms with van der Waals surface area (Å²) in [4.78, 5) is 49.4. The molecule has 144 valence electrons. The molecule has 9 nitrogen and oxygen atoms in total. The Morgan fingerprint density at radius 1 is 1.15 bits per heavy atom. The molecule has 0 saturated carbocycles. The highest BCUT2D eigenvalue weighted by Crippen LogP contribution is 2.19. The number of benzene rings is 1. The maximum atomic E-state index is 12.6. The van der Waals surface area contributed by atoms with Gasteiger partial charge in [-0.25, -0.2) is 0 Å². The Morgan fingerprint density at radius 3 is 2.48 bits per heavy atom. The van der Waals surface area contributed by atoms with E-state index < -0.39 is 35.8 Å². The Kier molecular flexibility index (Phi) is 6.53. The van der Waals surface area contributed by atoms with Crippen LogP contribution in [0.3, 0.4) is 0 Å². The molecule has 6 N–H and O–H groups in total. The van der Waals surface area contributed by atoms with E-state index in [4.69, 9.17) is 10.8 Å². The van der Waals surface area contributed by atoms with Gasteiger partial charge in [0, 0.05) is 36.9 Å². The van der Waals surface area contributed by atoms with Crippen molar-refractivity contribution in [2.75, 3.05) is 0 Å². The van der Waals surface area contributed by atoms with E-state index in [9.17, 15) is 19.2 Å². The van der Waals surface area contributed by atoms with E-state index in [1.807, 2.05) is 24.3 Å². The van der Waals surface area contributed by atoms with Crippen LogP contribution in [0.25, 0.3) is 10.9 Å². The minimum atomic E-state index is -1.13. The minimum absolute atomic E-state index is 0.129. The molecule has 3 amide bonds. The molecule has 1 heterocycles. The van der Waals surface area contributed by atoms with Crippen LogP contribution in [0.5, 0.6) is 0 Å². The van der Waals surface area contributed by atoms with E-state index >= 15 is 0 Å². The molecule has 2 unspecified atom stereocenters. The van der Waals surface area contributed by atoms with Gasteiger partial charge in [-0.1, -0.05) is 18.2 Å². The summed E-state index contributed by atoms with van der Waals surface area (Å²) in [6, 6.07) is 5.45. The monoisotopic (exact) mass is 374 g/mol. The number of hydrogen-bond donors (Lipinski definition) is 5. The Morgan fingerprint density at radius 2 is 1.85 bits per heavy atom. The summed E-state index contributed by atoms with van der Waals surface area (Å²) < 4.78 is 0. The number of fused-ring (bicyclic) bond motifs is 1. The number of amides is 3. The van der Waals surface area contributed by atoms with Crippen LogP contribution in [-0.4, -0.2) is 45.9 Å². The van der Waals surface area contributed by atoms with Gasteiger partial charge in [0.05, 0.1) is 0 Å². The Balaban J connectivity index is 2.16. The van der Waals surface area contributed by atoms with E-state index in [1.165, 1.54) is 6.92 Å². The van der Waals surface area contributed by atoms with Crippen molar-refractivity contribution in [3.8, 4) is 0 Å². The van der Waals surface area contributed by atoms with Crippen LogP contribution in [-0.2, 0) is 25.6 Å². The van der Waals surface area contributed by atoms with E-state index in [-0.39, 0.29) is 19.3 Å². The number of nitrogens with one attached hydrogen (secondary N) is 3. The number of aromatic nitrogens is 1. The van der Waals surface area contributed by atoms with Crippen LogP contribution in [0.1, 0.15) is 25.3 Å². The zero-order chi connectivity index (χ0) is 20.0. The highest BCUT2D eigenvalue weighted by Gasteiger charge is 2.26. The topological polar surface area (TPSA) is 154 Å². The molecule has 0 aliphatic heterocycles. The predicted molar refractivity (Wildman–Crippen MR) is 97.6 cm³/mol. The first-order valence-corrected chi connectivity index (χ1v) is 8.41. The molecule has 2 rings (SSSR count). The van der Waals surface area contributed by atoms with Crippen LogP contribution >= 0.6 is 0 Å². The molecule has 27 heavy (non-hydrogen) atoms. The van der Waals surface area contributed by atoms with Gasteiger partial charge in [-0.2, -0.15) is 0 Å². The number of H-pyrrole nitrogens is 1. The fourth-order valence-electron chi connectivity index (χ4n) is 2.80. The van der Waals surface area contributed by atoms with Crippen LogP contribution in [0, 0.1) is 0 Å². The Bertz CT molecular complexity index is 860. The van der Waals surface area contributed by atoms with Crippen LogP contribution < -0.4 is 16.4 Å². The summed E-state index contributed by atoms with van der Waals surface area (Å²) in [5.74, 6) is -2.95. The van der Waals surface area contributed by atoms with Crippen molar-refractivity contribution in [3.05, 3.63) is 36.0 Å². The number of para-hydroxylation sites is 1. The molecule has 0 saturated heterocycles. The van der Waals surface area contributed by atoms with Gasteiger partial charge in [-0.05, 0) is 18.1 Å². The molecule has 1 aromatic carbocycles. The van der Waals surface area contributed by atoms with Crippen LogP contribution in [0.15, 0.2) is 30.5 Å². The van der Waals surface area contributed by atoms with Crippen molar-refractivity contribution >= 4 is 34.6 Å². The fourth-order valence-corrected chi connectivity index (χ4v) is 2.80. The number of nitrogens with two attached hydrogens (primary N) is 1. The molecule has 9 heteroatoms. The number of hydrogen-bond acceptors (Lipinski definition) is 4. The van der Waals surface area contributed by atoms with Crippen LogP contribution in [0.2, 0.25) is 0 Å². The number of rotatable bonds is 9. The average molecular weight is 374 g/mol. The first-order valence-electron chi connectivity index (χ1n) is 8.41. The highest BCUT2D eigenvalue weighted by molar-refractivity contribution is 5.92. The summed E-state index contributed by atoms with van der Waals surface area (Å²) in [6.45, 7) is 1.28. The third kappa shape index (κ3) is 5.56. The van der Waals surface area contributed by atoms with E-state index in [0.29, 0.717) is 0 Å². The third-order valence-electron chi connectivity index (χ3n) is 4.10. The van der Waals surface area contributed by atoms with Crippen molar-refractivity contribution in [2.24, 2.45) is 5.73 Å². The lowest BCUT2D eigenvalue weighted by Crippen LogP contribution is -2.53. The van der Waals surface area contributed by atoms with E-state index in [0.717, 1.165) is 16.5 Å². The summed E-state index contributed by atoms with van der Waals surface area (Å²) in [5.41, 5.74) is 6.96. The molecule has 1 aromatic heterocycles. The van der Waals surface area contributed by atoms with Crippen LogP contribution in [0.4, 0.5) is 0 Å². The molecular formula is C18H22N4O5. The number of carbonyl (C=O) groups excluding carboxylic acids is 3. The number of carboxylic acids is 1. The zero-order valence-corrected chi connectivity index (χ0v) is 14.8. The average Bonchev–Trinajstić information content (AvgIpc) is 3.00. The van der Waals surface area contributed by atoms with Gasteiger partial charge in [-0.15, -0.1) is 0 Å². The van der Waals surface area contributed by atoms with Crippen molar-refractivity contribution in [1.82, 2.24) is 15.6 Å². The molecule has 2 aromatic rings. The van der Waals surface area contributed by atoms with E-state index in [1.54, 1.807) is 6.20 Å². The van der Waals surface area contributed by atoms with Gasteiger partial charge in [0.15, 0.2) is 0 Å². The summed E-state index contributed by atoms with van der Waals surface area (Å²) in [5, 5.41) is 14.7. The van der Waals surface area contributed by atoms with Gasteiger partial charge in [0.1, 0.15) is 12.1 Å². The standard InChI is InChI=1S/C18H22N4O5/c1-10(23)21-15(8-11-9-20-13-5-3-2-4-12(11)13)18(27)22-14(17(19)26)6-7-16(24)25/h2-5,9,14-15,20H,6-8H2,1H3,(H2,19,26)(H,21,23)(H,22,27)(H,24,25). The maximum Gasteiger partial charge on any atom is 0.303 e. The summed E-state index contributed by atoms with van der Waals surface area (Å²) >= 11 is 0. The molecule has 0 aliphatic carbocycles. The first kappa shape index (κ1) is 20.0. The number of aliphatic carboxylic acids is 1. The van der Waals surface area contributed by atoms with Gasteiger partial charge in [-0.3, -0.25) is 19.2 Å². The third-order valence-corrected chi connectivity index (χ3v) is 4.10. The Labute approximate surface area is 155 Å². The van der Waals surface area contributed by atoms with Crippen molar-refractivity contribution in [1.29, 1.82) is 0 Å². The quantitative estimate of drug-likeness (QED) is 0.419. The second-order valence-electron chi connectivity index (χ2n) is 6.21. The second-order valence-corrected chi connectivity index (χ2v) is 6.21. The van der Waals surface area contributed by atoms with E-state index in [2.05, 4.69) is 15.6 Å². The second kappa shape index (κ2) is 8.84. The molecule has 0 spiro atoms. The lowest BCUT2D eigenvalue weighted by molar-refractivity contribution is -0.137. The summed E-state index contributed by atoms with van der Waals surface area (Å²) in [7, 11) is 0. The first-order chi connectivity index (χ1) is 12.8. The van der Waals surface area contributed by atoms with Crippen molar-refractivity contribution in [2.45, 2.75) is 38.3 Å². The Hall–Kier alpha value is -3.36. The summed E-state index contributed by atoms with van der Waals surface area (Å²) in [6.07, 6.45) is 1.50. The predicted octanol–water partition coefficient (Wildman–Crippen LogP) is 0.0500. The molecule has 2 atom stereocenters. The smallest absolute Gasteiger partial charge is 0.303 e. The maximum absolute atomic E-state index is 12.6. The lowest BCUT2D eigenvalue weighted by atomic mass is 10.0. The number of carboxylic acid groups (broad SMARTS) is 1. The highest BCUT2D eigenvalue weighted by atomic mass is 16.4. The zero-order valence-electron chi connectivity index (χ0n) is 14.8. The molecule has 0 bridgehead atoms. The van der Waals surface area contributed by atoms with Crippen molar-refractivity contribution in [3.63, 3.8) is 0 Å². The molecule has 0 radical (unpaired) electrons. The molecular weight excluding hydrogens is 352 g/mol. The lowest BCUT2D eigenvalue weighted by Gasteiger charge is -2.21. The molecule has 0 aliphatic rings. The van der Waals surface area contributed by atoms with Gasteiger partial charge in [0.25, 0.3) is 0 Å². The normalized spacial score (nSPS) is 12.9.